The SMILES string of the molecule is CCCCCOc1ccc(Cc2nc(C(=O)NCc3ccc(S(N)(=O)=O)cc3)cs2)cc1C(F)(F)F. The second-order valence-electron chi connectivity index (χ2n) is 8.06. The molecule has 0 atom stereocenters. The van der Waals surface area contributed by atoms with Crippen molar-refractivity contribution in [3.05, 3.63) is 75.2 Å². The largest absolute Gasteiger partial charge is 0.493 e. The summed E-state index contributed by atoms with van der Waals surface area (Å²) in [5.74, 6) is -0.654. The molecule has 0 bridgehead atoms. The lowest BCUT2D eigenvalue weighted by atomic mass is 10.1. The molecule has 1 aromatic heterocycles. The number of primary sulfonamides is 1. The fourth-order valence-corrected chi connectivity index (χ4v) is 4.63. The molecule has 1 heterocycles. The molecule has 12 heteroatoms. The van der Waals surface area contributed by atoms with Crippen LogP contribution in [0.4, 0.5) is 13.2 Å². The fourth-order valence-electron chi connectivity index (χ4n) is 3.31. The molecular weight excluding hydrogens is 515 g/mol. The van der Waals surface area contributed by atoms with Crippen LogP contribution in [0.5, 0.6) is 5.75 Å². The van der Waals surface area contributed by atoms with Gasteiger partial charge < -0.3 is 10.1 Å². The number of carbonyl (C=O) groups excluding carboxylic acids is 1. The van der Waals surface area contributed by atoms with Gasteiger partial charge in [-0.3, -0.25) is 4.79 Å². The maximum atomic E-state index is 13.6. The van der Waals surface area contributed by atoms with E-state index in [-0.39, 0.29) is 35.9 Å². The number of nitrogens with one attached hydrogen (secondary N) is 1. The lowest BCUT2D eigenvalue weighted by molar-refractivity contribution is -0.139. The Morgan fingerprint density at radius 2 is 1.81 bits per heavy atom. The molecule has 0 fully saturated rings. The molecule has 0 aliphatic heterocycles. The van der Waals surface area contributed by atoms with E-state index < -0.39 is 27.7 Å². The Labute approximate surface area is 211 Å². The van der Waals surface area contributed by atoms with E-state index in [1.54, 1.807) is 6.07 Å². The number of aromatic nitrogens is 1. The second kappa shape index (κ2) is 11.8. The van der Waals surface area contributed by atoms with Crippen LogP contribution >= 0.6 is 11.3 Å². The molecule has 3 rings (SSSR count). The highest BCUT2D eigenvalue weighted by atomic mass is 32.2. The Bertz CT molecular complexity index is 1290. The molecule has 194 valence electrons. The van der Waals surface area contributed by atoms with E-state index in [2.05, 4.69) is 10.3 Å². The van der Waals surface area contributed by atoms with Gasteiger partial charge in [-0.05, 0) is 41.8 Å². The fraction of sp³-hybridized carbons (Fsp3) is 0.333. The monoisotopic (exact) mass is 541 g/mol. The summed E-state index contributed by atoms with van der Waals surface area (Å²) in [6.07, 6.45) is -1.93. The number of nitrogens with two attached hydrogens (primary N) is 1. The van der Waals surface area contributed by atoms with E-state index in [4.69, 9.17) is 9.88 Å². The predicted molar refractivity (Wildman–Crippen MR) is 130 cm³/mol. The first kappa shape index (κ1) is 27.6. The van der Waals surface area contributed by atoms with Gasteiger partial charge in [-0.2, -0.15) is 13.2 Å². The lowest BCUT2D eigenvalue weighted by Crippen LogP contribution is -2.23. The van der Waals surface area contributed by atoms with Crippen molar-refractivity contribution in [2.45, 2.75) is 50.2 Å². The van der Waals surface area contributed by atoms with E-state index in [9.17, 15) is 26.4 Å². The summed E-state index contributed by atoms with van der Waals surface area (Å²) in [5, 5.41) is 9.76. The number of benzene rings is 2. The van der Waals surface area contributed by atoms with Gasteiger partial charge in [0.15, 0.2) is 0 Å². The molecular formula is C24H26F3N3O4S2. The predicted octanol–water partition coefficient (Wildman–Crippen LogP) is 4.90. The highest BCUT2D eigenvalue weighted by molar-refractivity contribution is 7.89. The highest BCUT2D eigenvalue weighted by Crippen LogP contribution is 2.37. The Hall–Kier alpha value is -2.96. The van der Waals surface area contributed by atoms with Gasteiger partial charge in [-0.25, -0.2) is 18.5 Å². The first-order chi connectivity index (χ1) is 17.0. The average Bonchev–Trinajstić information content (AvgIpc) is 3.28. The Morgan fingerprint density at radius 3 is 2.44 bits per heavy atom. The number of hydrogen-bond acceptors (Lipinski definition) is 6. The van der Waals surface area contributed by atoms with Crippen molar-refractivity contribution < 1.29 is 31.1 Å². The first-order valence-electron chi connectivity index (χ1n) is 11.1. The third-order valence-corrected chi connectivity index (χ3v) is 6.98. The number of thiazole rings is 1. The number of amides is 1. The number of rotatable bonds is 11. The molecule has 0 saturated heterocycles. The molecule has 0 unspecified atom stereocenters. The minimum atomic E-state index is -4.56. The molecule has 0 spiro atoms. The van der Waals surface area contributed by atoms with Gasteiger partial charge in [0, 0.05) is 18.3 Å². The van der Waals surface area contributed by atoms with Gasteiger partial charge in [0.05, 0.1) is 22.1 Å². The number of hydrogen-bond donors (Lipinski definition) is 2. The lowest BCUT2D eigenvalue weighted by Gasteiger charge is -2.15. The van der Waals surface area contributed by atoms with Gasteiger partial charge in [-0.1, -0.05) is 38.0 Å². The van der Waals surface area contributed by atoms with E-state index in [1.165, 1.54) is 47.0 Å². The molecule has 36 heavy (non-hydrogen) atoms. The topological polar surface area (TPSA) is 111 Å². The standard InChI is InChI=1S/C24H26F3N3O4S2/c1-2-3-4-11-34-21-10-7-17(12-19(21)24(25,26)27)13-22-30-20(15-35-22)23(31)29-14-16-5-8-18(9-6-16)36(28,32)33/h5-10,12,15H,2-4,11,13-14H2,1H3,(H,29,31)(H2,28,32,33). The zero-order chi connectivity index (χ0) is 26.3. The second-order valence-corrected chi connectivity index (χ2v) is 10.6. The third kappa shape index (κ3) is 7.77. The first-order valence-corrected chi connectivity index (χ1v) is 13.6. The zero-order valence-electron chi connectivity index (χ0n) is 19.5. The van der Waals surface area contributed by atoms with Crippen molar-refractivity contribution in [2.24, 2.45) is 5.14 Å². The summed E-state index contributed by atoms with van der Waals surface area (Å²) in [4.78, 5) is 16.6. The summed E-state index contributed by atoms with van der Waals surface area (Å²) in [6.45, 7) is 2.35. The van der Waals surface area contributed by atoms with E-state index >= 15 is 0 Å². The number of halogens is 3. The van der Waals surface area contributed by atoms with Gasteiger partial charge in [0.2, 0.25) is 10.0 Å². The maximum absolute atomic E-state index is 13.6. The van der Waals surface area contributed by atoms with Gasteiger partial charge >= 0.3 is 6.18 Å². The van der Waals surface area contributed by atoms with Crippen molar-refractivity contribution in [1.29, 1.82) is 0 Å². The van der Waals surface area contributed by atoms with Gasteiger partial charge in [-0.15, -0.1) is 11.3 Å². The summed E-state index contributed by atoms with van der Waals surface area (Å²) in [6, 6.07) is 9.69. The molecule has 7 nitrogen and oxygen atoms in total. The van der Waals surface area contributed by atoms with Crippen LogP contribution in [0.1, 0.15) is 58.4 Å². The Kier molecular flexibility index (Phi) is 9.09. The number of unbranched alkanes of at least 4 members (excludes halogenated alkanes) is 2. The normalized spacial score (nSPS) is 11.9. The number of carbonyl (C=O) groups is 1. The van der Waals surface area contributed by atoms with Crippen molar-refractivity contribution in [2.75, 3.05) is 6.61 Å². The van der Waals surface area contributed by atoms with E-state index in [1.807, 2.05) is 6.92 Å². The molecule has 0 saturated carbocycles. The van der Waals surface area contributed by atoms with Crippen LogP contribution in [-0.4, -0.2) is 25.9 Å². The zero-order valence-corrected chi connectivity index (χ0v) is 21.1. The molecule has 3 aromatic rings. The summed E-state index contributed by atoms with van der Waals surface area (Å²) >= 11 is 1.17. The Morgan fingerprint density at radius 1 is 1.11 bits per heavy atom. The van der Waals surface area contributed by atoms with Gasteiger partial charge in [0.25, 0.3) is 5.91 Å². The van der Waals surface area contributed by atoms with Gasteiger partial charge in [0.1, 0.15) is 11.4 Å². The quantitative estimate of drug-likeness (QED) is 0.336. The van der Waals surface area contributed by atoms with Crippen molar-refractivity contribution in [3.63, 3.8) is 0 Å². The van der Waals surface area contributed by atoms with Crippen LogP contribution < -0.4 is 15.2 Å². The molecule has 1 amide bonds. The van der Waals surface area contributed by atoms with Crippen molar-refractivity contribution in [1.82, 2.24) is 10.3 Å². The Balaban J connectivity index is 1.63. The minimum Gasteiger partial charge on any atom is -0.493 e. The summed E-state index contributed by atoms with van der Waals surface area (Å²) in [7, 11) is -3.80. The molecule has 2 aromatic carbocycles. The number of nitrogens with zero attached hydrogens (tertiary/aromatic N) is 1. The minimum absolute atomic E-state index is 0.0357. The number of ether oxygens (including phenoxy) is 1. The maximum Gasteiger partial charge on any atom is 0.419 e. The molecule has 3 N–H and O–H groups in total. The molecule has 0 aliphatic carbocycles. The van der Waals surface area contributed by atoms with Crippen LogP contribution in [0.3, 0.4) is 0 Å². The third-order valence-electron chi connectivity index (χ3n) is 5.20. The summed E-state index contributed by atoms with van der Waals surface area (Å²) in [5.41, 5.74) is 0.366. The molecule has 0 radical (unpaired) electrons. The van der Waals surface area contributed by atoms with Crippen LogP contribution in [0.2, 0.25) is 0 Å². The van der Waals surface area contributed by atoms with E-state index in [0.29, 0.717) is 22.6 Å². The number of sulfonamides is 1. The van der Waals surface area contributed by atoms with Crippen molar-refractivity contribution in [3.8, 4) is 5.75 Å². The smallest absolute Gasteiger partial charge is 0.419 e. The summed E-state index contributed by atoms with van der Waals surface area (Å²) < 4.78 is 68.7. The van der Waals surface area contributed by atoms with Crippen LogP contribution in [0.15, 0.2) is 52.7 Å². The van der Waals surface area contributed by atoms with Crippen LogP contribution in [0, 0.1) is 0 Å². The van der Waals surface area contributed by atoms with Crippen LogP contribution in [-0.2, 0) is 29.2 Å². The number of alkyl halides is 3. The van der Waals surface area contributed by atoms with E-state index in [0.717, 1.165) is 18.9 Å². The van der Waals surface area contributed by atoms with Crippen LogP contribution in [0.25, 0.3) is 0 Å². The highest BCUT2D eigenvalue weighted by Gasteiger charge is 2.34. The van der Waals surface area contributed by atoms with Crippen molar-refractivity contribution >= 4 is 27.3 Å². The molecule has 0 aliphatic rings. The average molecular weight is 542 g/mol.